The van der Waals surface area contributed by atoms with Gasteiger partial charge in [0.25, 0.3) is 0 Å². The van der Waals surface area contributed by atoms with Gasteiger partial charge in [0.15, 0.2) is 0 Å². The molecule has 1 aromatic carbocycles. The lowest BCUT2D eigenvalue weighted by atomic mass is 10.0. The lowest BCUT2D eigenvalue weighted by Crippen LogP contribution is -2.02. The lowest BCUT2D eigenvalue weighted by Gasteiger charge is -1.99. The maximum Gasteiger partial charge on any atom is 0.138 e. The first-order valence-electron chi connectivity index (χ1n) is 6.29. The third kappa shape index (κ3) is 2.87. The Labute approximate surface area is 107 Å². The zero-order valence-electron chi connectivity index (χ0n) is 10.3. The molecule has 0 N–H and O–H groups in total. The molecule has 0 saturated heterocycles. The fourth-order valence-electron chi connectivity index (χ4n) is 2.19. The number of hydrogen-bond donors (Lipinski definition) is 0. The van der Waals surface area contributed by atoms with E-state index in [9.17, 15) is 9.59 Å². The van der Waals surface area contributed by atoms with Crippen molar-refractivity contribution >= 4 is 12.6 Å². The quantitative estimate of drug-likeness (QED) is 0.450. The molecule has 0 spiro atoms. The Morgan fingerprint density at radius 2 is 2.06 bits per heavy atom. The fourth-order valence-corrected chi connectivity index (χ4v) is 2.19. The van der Waals surface area contributed by atoms with E-state index in [1.54, 1.807) is 0 Å². The predicted octanol–water partition coefficient (Wildman–Crippen LogP) is 2.61. The summed E-state index contributed by atoms with van der Waals surface area (Å²) in [6.07, 6.45) is 5.11. The van der Waals surface area contributed by atoms with Gasteiger partial charge in [-0.1, -0.05) is 30.0 Å². The molecule has 0 aliphatic heterocycles. The van der Waals surface area contributed by atoms with Crippen LogP contribution in [0.15, 0.2) is 30.3 Å². The standard InChI is InChI=1S/C16H16O2/c17-11-5-4-8-15-12-16(15,13-18)10-9-14-6-2-1-3-7-14/h1-3,6-7,11,13,15H,4-5,8,12H2/t15-,16+/m0/s1. The van der Waals surface area contributed by atoms with Crippen LogP contribution in [0.3, 0.4) is 0 Å². The molecule has 2 heteroatoms. The second kappa shape index (κ2) is 5.64. The van der Waals surface area contributed by atoms with Crippen LogP contribution in [-0.2, 0) is 9.59 Å². The van der Waals surface area contributed by atoms with E-state index in [2.05, 4.69) is 11.8 Å². The van der Waals surface area contributed by atoms with Gasteiger partial charge in [-0.15, -0.1) is 0 Å². The van der Waals surface area contributed by atoms with Crippen LogP contribution in [0.2, 0.25) is 0 Å². The molecule has 2 rings (SSSR count). The highest BCUT2D eigenvalue weighted by molar-refractivity contribution is 5.71. The van der Waals surface area contributed by atoms with E-state index >= 15 is 0 Å². The highest BCUT2D eigenvalue weighted by Gasteiger charge is 2.52. The van der Waals surface area contributed by atoms with E-state index in [1.807, 2.05) is 30.3 Å². The molecule has 0 bridgehead atoms. The molecule has 0 amide bonds. The van der Waals surface area contributed by atoms with Gasteiger partial charge in [0.2, 0.25) is 0 Å². The van der Waals surface area contributed by atoms with Crippen molar-refractivity contribution in [3.63, 3.8) is 0 Å². The Balaban J connectivity index is 1.98. The largest absolute Gasteiger partial charge is 0.303 e. The summed E-state index contributed by atoms with van der Waals surface area (Å²) in [5, 5.41) is 0. The summed E-state index contributed by atoms with van der Waals surface area (Å²) in [5.41, 5.74) is 0.496. The van der Waals surface area contributed by atoms with Crippen LogP contribution < -0.4 is 0 Å². The molecule has 1 aliphatic carbocycles. The van der Waals surface area contributed by atoms with Crippen LogP contribution in [0.4, 0.5) is 0 Å². The van der Waals surface area contributed by atoms with Gasteiger partial charge in [-0.3, -0.25) is 0 Å². The SMILES string of the molecule is O=CCCC[C@H]1C[C@]1(C#Cc1ccccc1)C=O. The molecule has 1 aliphatic rings. The molecule has 18 heavy (non-hydrogen) atoms. The minimum absolute atomic E-state index is 0.339. The second-order valence-electron chi connectivity index (χ2n) is 4.77. The van der Waals surface area contributed by atoms with Gasteiger partial charge in [0, 0.05) is 12.0 Å². The maximum absolute atomic E-state index is 11.2. The normalized spacial score (nSPS) is 24.8. The summed E-state index contributed by atoms with van der Waals surface area (Å²) in [6, 6.07) is 9.70. The molecule has 1 aromatic rings. The summed E-state index contributed by atoms with van der Waals surface area (Å²) in [5.74, 6) is 6.51. The van der Waals surface area contributed by atoms with E-state index < -0.39 is 5.41 Å². The van der Waals surface area contributed by atoms with E-state index in [-0.39, 0.29) is 0 Å². The van der Waals surface area contributed by atoms with Gasteiger partial charge < -0.3 is 9.59 Å². The zero-order valence-corrected chi connectivity index (χ0v) is 10.3. The highest BCUT2D eigenvalue weighted by Crippen LogP contribution is 2.53. The number of hydrogen-bond acceptors (Lipinski definition) is 2. The minimum atomic E-state index is -0.446. The van der Waals surface area contributed by atoms with E-state index in [0.29, 0.717) is 12.3 Å². The predicted molar refractivity (Wildman–Crippen MR) is 69.8 cm³/mol. The summed E-state index contributed by atoms with van der Waals surface area (Å²) in [7, 11) is 0. The molecule has 2 atom stereocenters. The number of unbranched alkanes of at least 4 members (excludes halogenated alkanes) is 1. The molecule has 0 radical (unpaired) electrons. The molecule has 2 nitrogen and oxygen atoms in total. The van der Waals surface area contributed by atoms with Crippen LogP contribution in [-0.4, -0.2) is 12.6 Å². The number of benzene rings is 1. The zero-order chi connectivity index (χ0) is 12.8. The highest BCUT2D eigenvalue weighted by atomic mass is 16.1. The third-order valence-electron chi connectivity index (χ3n) is 3.45. The monoisotopic (exact) mass is 240 g/mol. The van der Waals surface area contributed by atoms with Crippen molar-refractivity contribution in [2.45, 2.75) is 25.7 Å². The molecule has 0 unspecified atom stereocenters. The average Bonchev–Trinajstić information content (AvgIpc) is 3.12. The fraction of sp³-hybridized carbons (Fsp3) is 0.375. The Hall–Kier alpha value is -1.88. The first kappa shape index (κ1) is 12.6. The molecule has 0 aromatic heterocycles. The first-order valence-corrected chi connectivity index (χ1v) is 6.29. The van der Waals surface area contributed by atoms with E-state index in [0.717, 1.165) is 37.4 Å². The minimum Gasteiger partial charge on any atom is -0.303 e. The summed E-state index contributed by atoms with van der Waals surface area (Å²) in [4.78, 5) is 21.4. The summed E-state index contributed by atoms with van der Waals surface area (Å²) in [6.45, 7) is 0. The van der Waals surface area contributed by atoms with E-state index in [4.69, 9.17) is 0 Å². The third-order valence-corrected chi connectivity index (χ3v) is 3.45. The van der Waals surface area contributed by atoms with E-state index in [1.165, 1.54) is 0 Å². The van der Waals surface area contributed by atoms with Crippen LogP contribution in [0.25, 0.3) is 0 Å². The van der Waals surface area contributed by atoms with Gasteiger partial charge in [0.1, 0.15) is 12.6 Å². The molecular weight excluding hydrogens is 224 g/mol. The van der Waals surface area contributed by atoms with Gasteiger partial charge in [0.05, 0.1) is 5.41 Å². The van der Waals surface area contributed by atoms with Crippen LogP contribution in [0, 0.1) is 23.2 Å². The van der Waals surface area contributed by atoms with Crippen molar-refractivity contribution in [3.05, 3.63) is 35.9 Å². The van der Waals surface area contributed by atoms with Crippen molar-refractivity contribution in [2.75, 3.05) is 0 Å². The average molecular weight is 240 g/mol. The van der Waals surface area contributed by atoms with Crippen molar-refractivity contribution in [1.82, 2.24) is 0 Å². The Kier molecular flexibility index (Phi) is 3.94. The topological polar surface area (TPSA) is 34.1 Å². The van der Waals surface area contributed by atoms with Crippen molar-refractivity contribution in [3.8, 4) is 11.8 Å². The summed E-state index contributed by atoms with van der Waals surface area (Å²) < 4.78 is 0. The number of carbonyl (C=O) groups excluding carboxylic acids is 2. The molecule has 1 saturated carbocycles. The van der Waals surface area contributed by atoms with Crippen molar-refractivity contribution in [1.29, 1.82) is 0 Å². The number of carbonyl (C=O) groups is 2. The maximum atomic E-state index is 11.2. The van der Waals surface area contributed by atoms with Crippen LogP contribution >= 0.6 is 0 Å². The lowest BCUT2D eigenvalue weighted by molar-refractivity contribution is -0.111. The Morgan fingerprint density at radius 1 is 1.28 bits per heavy atom. The first-order chi connectivity index (χ1) is 8.80. The van der Waals surface area contributed by atoms with Gasteiger partial charge in [-0.25, -0.2) is 0 Å². The Bertz CT molecular complexity index is 481. The van der Waals surface area contributed by atoms with Gasteiger partial charge >= 0.3 is 0 Å². The van der Waals surface area contributed by atoms with Crippen LogP contribution in [0.5, 0.6) is 0 Å². The number of aldehydes is 2. The van der Waals surface area contributed by atoms with Crippen molar-refractivity contribution < 1.29 is 9.59 Å². The van der Waals surface area contributed by atoms with Gasteiger partial charge in [-0.2, -0.15) is 0 Å². The van der Waals surface area contributed by atoms with Gasteiger partial charge in [-0.05, 0) is 37.3 Å². The smallest absolute Gasteiger partial charge is 0.138 e. The number of rotatable bonds is 5. The summed E-state index contributed by atoms with van der Waals surface area (Å²) >= 11 is 0. The Morgan fingerprint density at radius 3 is 2.72 bits per heavy atom. The second-order valence-corrected chi connectivity index (χ2v) is 4.77. The molecule has 92 valence electrons. The van der Waals surface area contributed by atoms with Crippen molar-refractivity contribution in [2.24, 2.45) is 11.3 Å². The molecule has 1 fully saturated rings. The van der Waals surface area contributed by atoms with Crippen LogP contribution in [0.1, 0.15) is 31.2 Å². The molecule has 0 heterocycles. The molecular formula is C16H16O2.